The molecule has 1 N–H and O–H groups in total. The van der Waals surface area contributed by atoms with Crippen molar-refractivity contribution in [3.05, 3.63) is 59.9 Å². The van der Waals surface area contributed by atoms with Gasteiger partial charge in [0.05, 0.1) is 13.2 Å². The second kappa shape index (κ2) is 7.21. The quantitative estimate of drug-likeness (QED) is 0.873. The predicted octanol–water partition coefficient (Wildman–Crippen LogP) is 1.97. The van der Waals surface area contributed by atoms with E-state index in [0.717, 1.165) is 18.7 Å². The number of aromatic nitrogens is 1. The van der Waals surface area contributed by atoms with Crippen LogP contribution in [-0.2, 0) is 22.5 Å². The van der Waals surface area contributed by atoms with Crippen LogP contribution in [0.25, 0.3) is 0 Å². The number of fused-ring (bicyclic) bond motifs is 1. The summed E-state index contributed by atoms with van der Waals surface area (Å²) in [6, 6.07) is 13.9. The lowest BCUT2D eigenvalue weighted by Crippen LogP contribution is -2.48. The van der Waals surface area contributed by atoms with E-state index in [9.17, 15) is 9.59 Å². The molecule has 0 fully saturated rings. The Kier molecular flexibility index (Phi) is 4.84. The molecule has 0 aliphatic carbocycles. The number of amides is 2. The van der Waals surface area contributed by atoms with E-state index in [4.69, 9.17) is 0 Å². The number of methoxy groups -OCH3 is 1. The van der Waals surface area contributed by atoms with Crippen molar-refractivity contribution < 1.29 is 14.3 Å². The van der Waals surface area contributed by atoms with E-state index in [1.54, 1.807) is 4.90 Å². The fourth-order valence-electron chi connectivity index (χ4n) is 3.08. The molecule has 1 unspecified atom stereocenters. The molecule has 0 radical (unpaired) electrons. The molecule has 2 heterocycles. The molecule has 0 spiro atoms. The van der Waals surface area contributed by atoms with Gasteiger partial charge in [-0.2, -0.15) is 0 Å². The van der Waals surface area contributed by atoms with E-state index < -0.39 is 5.97 Å². The summed E-state index contributed by atoms with van der Waals surface area (Å²) in [5, 5.41) is 2.65. The van der Waals surface area contributed by atoms with Crippen molar-refractivity contribution in [1.29, 1.82) is 0 Å². The third-order valence-corrected chi connectivity index (χ3v) is 4.31. The molecule has 24 heavy (non-hydrogen) atoms. The third-order valence-electron chi connectivity index (χ3n) is 4.31. The van der Waals surface area contributed by atoms with Crippen molar-refractivity contribution in [2.75, 3.05) is 20.2 Å². The molecule has 0 saturated carbocycles. The molecule has 6 heteroatoms. The zero-order valence-corrected chi connectivity index (χ0v) is 13.6. The average Bonchev–Trinajstić information content (AvgIpc) is 3.09. The molecule has 6 nitrogen and oxygen atoms in total. The van der Waals surface area contributed by atoms with Crippen molar-refractivity contribution in [2.45, 2.75) is 19.0 Å². The Bertz CT molecular complexity index is 711. The van der Waals surface area contributed by atoms with Crippen LogP contribution in [-0.4, -0.2) is 41.7 Å². The number of nitrogens with zero attached hydrogens (tertiary/aromatic N) is 2. The molecule has 3 rings (SSSR count). The molecular weight excluding hydrogens is 306 g/mol. The highest BCUT2D eigenvalue weighted by Gasteiger charge is 2.31. The molecule has 1 aliphatic heterocycles. The molecule has 2 amide bonds. The lowest BCUT2D eigenvalue weighted by Gasteiger charge is -2.37. The van der Waals surface area contributed by atoms with E-state index in [2.05, 4.69) is 26.8 Å². The highest BCUT2D eigenvalue weighted by Crippen LogP contribution is 2.29. The van der Waals surface area contributed by atoms with Gasteiger partial charge < -0.3 is 19.5 Å². The van der Waals surface area contributed by atoms with Gasteiger partial charge in [-0.3, -0.25) is 4.79 Å². The predicted molar refractivity (Wildman–Crippen MR) is 89.4 cm³/mol. The Labute approximate surface area is 141 Å². The number of rotatable bonds is 4. The molecule has 1 aliphatic rings. The van der Waals surface area contributed by atoms with Crippen molar-refractivity contribution >= 4 is 12.0 Å². The molecule has 0 bridgehead atoms. The van der Waals surface area contributed by atoms with Gasteiger partial charge in [0, 0.05) is 25.0 Å². The van der Waals surface area contributed by atoms with Crippen LogP contribution in [0.4, 0.5) is 4.79 Å². The minimum atomic E-state index is -0.455. The Hall–Kier alpha value is -2.76. The largest absolute Gasteiger partial charge is 0.468 e. The van der Waals surface area contributed by atoms with E-state index in [1.165, 1.54) is 12.7 Å². The van der Waals surface area contributed by atoms with Crippen LogP contribution in [0, 0.1) is 0 Å². The summed E-state index contributed by atoms with van der Waals surface area (Å²) in [7, 11) is 1.31. The molecule has 0 saturated heterocycles. The van der Waals surface area contributed by atoms with Crippen LogP contribution in [0.2, 0.25) is 0 Å². The van der Waals surface area contributed by atoms with E-state index in [1.807, 2.05) is 36.5 Å². The number of hydrogen-bond donors (Lipinski definition) is 1. The summed E-state index contributed by atoms with van der Waals surface area (Å²) in [4.78, 5) is 25.6. The summed E-state index contributed by atoms with van der Waals surface area (Å²) >= 11 is 0. The van der Waals surface area contributed by atoms with E-state index in [0.29, 0.717) is 6.54 Å². The second-order valence-corrected chi connectivity index (χ2v) is 5.76. The minimum absolute atomic E-state index is 0.0613. The molecule has 1 aromatic heterocycles. The number of urea groups is 1. The van der Waals surface area contributed by atoms with Gasteiger partial charge in [0.2, 0.25) is 0 Å². The first-order valence-corrected chi connectivity index (χ1v) is 7.99. The Morgan fingerprint density at radius 2 is 1.96 bits per heavy atom. The highest BCUT2D eigenvalue weighted by molar-refractivity contribution is 5.81. The van der Waals surface area contributed by atoms with Crippen molar-refractivity contribution in [3.8, 4) is 0 Å². The fraction of sp³-hybridized carbons (Fsp3) is 0.333. The fourth-order valence-corrected chi connectivity index (χ4v) is 3.08. The maximum Gasteiger partial charge on any atom is 0.325 e. The van der Waals surface area contributed by atoms with Crippen LogP contribution in [0.1, 0.15) is 17.3 Å². The number of nitrogens with one attached hydrogen (secondary N) is 1. The monoisotopic (exact) mass is 327 g/mol. The highest BCUT2D eigenvalue weighted by atomic mass is 16.5. The first-order chi connectivity index (χ1) is 11.7. The average molecular weight is 327 g/mol. The first-order valence-electron chi connectivity index (χ1n) is 7.99. The standard InChI is InChI=1S/C18H21N3O3/c1-24-17(22)13-19-18(23)21-11-10-20-9-5-8-15(20)16(21)12-14-6-3-2-4-7-14/h2-9,16H,10-13H2,1H3,(H,19,23). The summed E-state index contributed by atoms with van der Waals surface area (Å²) in [6.45, 7) is 1.23. The van der Waals surface area contributed by atoms with Gasteiger partial charge in [-0.25, -0.2) is 4.79 Å². The van der Waals surface area contributed by atoms with Crippen molar-refractivity contribution in [3.63, 3.8) is 0 Å². The second-order valence-electron chi connectivity index (χ2n) is 5.76. The van der Waals surface area contributed by atoms with Gasteiger partial charge in [0.15, 0.2) is 0 Å². The molecule has 126 valence electrons. The molecule has 1 aromatic carbocycles. The number of carbonyl (C=O) groups excluding carboxylic acids is 2. The third kappa shape index (κ3) is 3.42. The SMILES string of the molecule is COC(=O)CNC(=O)N1CCn2cccc2C1Cc1ccccc1. The van der Waals surface area contributed by atoms with Crippen LogP contribution in [0.5, 0.6) is 0 Å². The van der Waals surface area contributed by atoms with Crippen molar-refractivity contribution in [1.82, 2.24) is 14.8 Å². The summed E-state index contributed by atoms with van der Waals surface area (Å²) in [5.41, 5.74) is 2.28. The maximum atomic E-state index is 12.5. The van der Waals surface area contributed by atoms with Gasteiger partial charge in [0.25, 0.3) is 0 Å². The van der Waals surface area contributed by atoms with Crippen molar-refractivity contribution in [2.24, 2.45) is 0 Å². The molecule has 2 aromatic rings. The van der Waals surface area contributed by atoms with Gasteiger partial charge >= 0.3 is 12.0 Å². The smallest absolute Gasteiger partial charge is 0.325 e. The maximum absolute atomic E-state index is 12.5. The van der Waals surface area contributed by atoms with Gasteiger partial charge in [-0.15, -0.1) is 0 Å². The number of benzene rings is 1. The summed E-state index contributed by atoms with van der Waals surface area (Å²) in [6.07, 6.45) is 2.77. The van der Waals surface area contributed by atoms with Gasteiger partial charge in [-0.1, -0.05) is 30.3 Å². The number of ether oxygens (including phenoxy) is 1. The van der Waals surface area contributed by atoms with E-state index >= 15 is 0 Å². The van der Waals surface area contributed by atoms with Crippen LogP contribution in [0.15, 0.2) is 48.7 Å². The van der Waals surface area contributed by atoms with Crippen LogP contribution in [0.3, 0.4) is 0 Å². The normalized spacial score (nSPS) is 16.4. The number of hydrogen-bond acceptors (Lipinski definition) is 3. The summed E-state index contributed by atoms with van der Waals surface area (Å²) in [5.74, 6) is -0.455. The van der Waals surface area contributed by atoms with E-state index in [-0.39, 0.29) is 18.6 Å². The lowest BCUT2D eigenvalue weighted by molar-refractivity contribution is -0.139. The lowest BCUT2D eigenvalue weighted by atomic mass is 10.0. The minimum Gasteiger partial charge on any atom is -0.468 e. The molecular formula is C18H21N3O3. The zero-order valence-electron chi connectivity index (χ0n) is 13.6. The Morgan fingerprint density at radius 3 is 2.71 bits per heavy atom. The number of carbonyl (C=O) groups is 2. The van der Waals surface area contributed by atoms with Gasteiger partial charge in [0.1, 0.15) is 6.54 Å². The van der Waals surface area contributed by atoms with Crippen LogP contribution < -0.4 is 5.32 Å². The topological polar surface area (TPSA) is 63.6 Å². The number of esters is 1. The zero-order chi connectivity index (χ0) is 16.9. The summed E-state index contributed by atoms with van der Waals surface area (Å²) < 4.78 is 6.76. The first kappa shape index (κ1) is 16.1. The molecule has 1 atom stereocenters. The van der Waals surface area contributed by atoms with Gasteiger partial charge in [-0.05, 0) is 24.1 Å². The Morgan fingerprint density at radius 1 is 1.17 bits per heavy atom. The Balaban J connectivity index is 1.79. The van der Waals surface area contributed by atoms with Crippen LogP contribution >= 0.6 is 0 Å².